The number of guanidine groups is 1. The Bertz CT molecular complexity index is 484. The summed E-state index contributed by atoms with van der Waals surface area (Å²) in [6.45, 7) is 12.1. The van der Waals surface area contributed by atoms with Crippen molar-refractivity contribution in [3.63, 3.8) is 0 Å². The molecule has 1 fully saturated rings. The lowest BCUT2D eigenvalue weighted by Crippen LogP contribution is -2.56. The van der Waals surface area contributed by atoms with E-state index in [0.29, 0.717) is 0 Å². The van der Waals surface area contributed by atoms with Crippen LogP contribution in [0.2, 0.25) is 0 Å². The summed E-state index contributed by atoms with van der Waals surface area (Å²) in [6.07, 6.45) is 6.84. The molecule has 0 bridgehead atoms. The standard InChI is InChI=1S/C18H33N5.HI/c1-16-8-7-12-23(14-16)18(2,3)15-21-17(19-4)20-9-13-22-10-5-6-11-22;/h5-6,10-11,16H,7-9,12-15H2,1-4H3,(H2,19,20,21);1H. The van der Waals surface area contributed by atoms with Crippen LogP contribution in [0.5, 0.6) is 0 Å². The lowest BCUT2D eigenvalue weighted by molar-refractivity contribution is 0.0739. The van der Waals surface area contributed by atoms with E-state index in [1.165, 1.54) is 25.9 Å². The Balaban J connectivity index is 0.00000288. The van der Waals surface area contributed by atoms with Gasteiger partial charge in [-0.05, 0) is 51.3 Å². The average Bonchev–Trinajstić information content (AvgIpc) is 3.04. The van der Waals surface area contributed by atoms with Gasteiger partial charge in [0, 0.05) is 51.2 Å². The molecule has 6 heteroatoms. The number of halogens is 1. The first-order valence-corrected chi connectivity index (χ1v) is 8.81. The summed E-state index contributed by atoms with van der Waals surface area (Å²) >= 11 is 0. The molecule has 1 aromatic heterocycles. The fourth-order valence-electron chi connectivity index (χ4n) is 3.19. The highest BCUT2D eigenvalue weighted by Crippen LogP contribution is 2.23. The van der Waals surface area contributed by atoms with Crippen LogP contribution in [0.1, 0.15) is 33.6 Å². The fourth-order valence-corrected chi connectivity index (χ4v) is 3.19. The number of rotatable bonds is 6. The predicted octanol–water partition coefficient (Wildman–Crippen LogP) is 2.78. The molecule has 1 atom stereocenters. The summed E-state index contributed by atoms with van der Waals surface area (Å²) < 4.78 is 2.17. The molecule has 0 radical (unpaired) electrons. The number of hydrogen-bond donors (Lipinski definition) is 2. The van der Waals surface area contributed by atoms with Gasteiger partial charge in [0.05, 0.1) is 0 Å². The van der Waals surface area contributed by atoms with E-state index in [9.17, 15) is 0 Å². The SMILES string of the molecule is CN=C(NCCn1cccc1)NCC(C)(C)N1CCCC(C)C1.I. The van der Waals surface area contributed by atoms with E-state index >= 15 is 0 Å². The van der Waals surface area contributed by atoms with Gasteiger partial charge in [0.25, 0.3) is 0 Å². The van der Waals surface area contributed by atoms with E-state index in [0.717, 1.165) is 31.5 Å². The van der Waals surface area contributed by atoms with Crippen LogP contribution in [0.25, 0.3) is 0 Å². The fraction of sp³-hybridized carbons (Fsp3) is 0.722. The maximum absolute atomic E-state index is 4.34. The molecule has 1 aliphatic heterocycles. The molecule has 1 aromatic rings. The van der Waals surface area contributed by atoms with Gasteiger partial charge in [0.2, 0.25) is 0 Å². The Labute approximate surface area is 164 Å². The Hall–Kier alpha value is -0.760. The smallest absolute Gasteiger partial charge is 0.191 e. The second-order valence-electron chi connectivity index (χ2n) is 7.28. The number of aromatic nitrogens is 1. The molecule has 0 saturated carbocycles. The molecule has 0 aromatic carbocycles. The Morgan fingerprint density at radius 2 is 1.96 bits per heavy atom. The summed E-state index contributed by atoms with van der Waals surface area (Å²) in [5, 5.41) is 6.88. The highest BCUT2D eigenvalue weighted by atomic mass is 127. The van der Waals surface area contributed by atoms with Crippen LogP contribution in [0.4, 0.5) is 0 Å². The second kappa shape index (κ2) is 10.3. The number of likely N-dealkylation sites (tertiary alicyclic amines) is 1. The van der Waals surface area contributed by atoms with E-state index < -0.39 is 0 Å². The van der Waals surface area contributed by atoms with Gasteiger partial charge in [0.15, 0.2) is 5.96 Å². The van der Waals surface area contributed by atoms with Crippen molar-refractivity contribution in [2.75, 3.05) is 33.2 Å². The zero-order chi connectivity index (χ0) is 16.7. The van der Waals surface area contributed by atoms with Crippen LogP contribution in [0, 0.1) is 5.92 Å². The van der Waals surface area contributed by atoms with Crippen molar-refractivity contribution in [3.05, 3.63) is 24.5 Å². The van der Waals surface area contributed by atoms with E-state index in [1.54, 1.807) is 0 Å². The average molecular weight is 447 g/mol. The molecule has 2 heterocycles. The minimum absolute atomic E-state index is 0. The van der Waals surface area contributed by atoms with E-state index in [-0.39, 0.29) is 29.5 Å². The van der Waals surface area contributed by atoms with Crippen molar-refractivity contribution < 1.29 is 0 Å². The first-order valence-electron chi connectivity index (χ1n) is 8.81. The quantitative estimate of drug-likeness (QED) is 0.401. The van der Waals surface area contributed by atoms with E-state index in [4.69, 9.17) is 0 Å². The Morgan fingerprint density at radius 1 is 1.25 bits per heavy atom. The Morgan fingerprint density at radius 3 is 2.58 bits per heavy atom. The van der Waals surface area contributed by atoms with Crippen LogP contribution in [-0.2, 0) is 6.54 Å². The van der Waals surface area contributed by atoms with E-state index in [1.807, 2.05) is 7.05 Å². The summed E-state index contributed by atoms with van der Waals surface area (Å²) in [5.74, 6) is 1.69. The molecule has 2 N–H and O–H groups in total. The molecular weight excluding hydrogens is 413 g/mol. The molecular formula is C18H34IN5. The molecule has 1 saturated heterocycles. The molecule has 1 unspecified atom stereocenters. The van der Waals surface area contributed by atoms with Crippen molar-refractivity contribution in [2.24, 2.45) is 10.9 Å². The topological polar surface area (TPSA) is 44.6 Å². The third-order valence-electron chi connectivity index (χ3n) is 4.75. The third-order valence-corrected chi connectivity index (χ3v) is 4.75. The molecule has 0 spiro atoms. The van der Waals surface area contributed by atoms with Gasteiger partial charge in [-0.25, -0.2) is 0 Å². The number of nitrogens with zero attached hydrogens (tertiary/aromatic N) is 3. The van der Waals surface area contributed by atoms with Gasteiger partial charge in [-0.2, -0.15) is 0 Å². The zero-order valence-corrected chi connectivity index (χ0v) is 17.9. The summed E-state index contributed by atoms with van der Waals surface area (Å²) in [7, 11) is 1.83. The normalized spacial score (nSPS) is 19.7. The second-order valence-corrected chi connectivity index (χ2v) is 7.28. The Kier molecular flexibility index (Phi) is 9.12. The van der Waals surface area contributed by atoms with Crippen molar-refractivity contribution in [1.29, 1.82) is 0 Å². The van der Waals surface area contributed by atoms with Crippen molar-refractivity contribution in [1.82, 2.24) is 20.1 Å². The first kappa shape index (κ1) is 21.3. The number of aliphatic imine (C=N–C) groups is 1. The lowest BCUT2D eigenvalue weighted by Gasteiger charge is -2.43. The van der Waals surface area contributed by atoms with E-state index in [2.05, 4.69) is 70.4 Å². The van der Waals surface area contributed by atoms with Gasteiger partial charge < -0.3 is 15.2 Å². The molecule has 1 aliphatic rings. The number of hydrogen-bond acceptors (Lipinski definition) is 2. The van der Waals surface area contributed by atoms with Crippen LogP contribution in [-0.4, -0.2) is 54.2 Å². The first-order chi connectivity index (χ1) is 11.0. The number of piperidine rings is 1. The monoisotopic (exact) mass is 447 g/mol. The summed E-state index contributed by atoms with van der Waals surface area (Å²) in [6, 6.07) is 4.10. The molecule has 138 valence electrons. The van der Waals surface area contributed by atoms with Crippen LogP contribution < -0.4 is 10.6 Å². The van der Waals surface area contributed by atoms with Crippen molar-refractivity contribution in [3.8, 4) is 0 Å². The van der Waals surface area contributed by atoms with Crippen molar-refractivity contribution >= 4 is 29.9 Å². The number of nitrogens with one attached hydrogen (secondary N) is 2. The predicted molar refractivity (Wildman–Crippen MR) is 113 cm³/mol. The van der Waals surface area contributed by atoms with Gasteiger partial charge in [0.1, 0.15) is 0 Å². The van der Waals surface area contributed by atoms with Gasteiger partial charge >= 0.3 is 0 Å². The molecule has 2 rings (SSSR count). The molecule has 5 nitrogen and oxygen atoms in total. The zero-order valence-electron chi connectivity index (χ0n) is 15.6. The van der Waals surface area contributed by atoms with Crippen molar-refractivity contribution in [2.45, 2.75) is 45.7 Å². The third kappa shape index (κ3) is 6.63. The lowest BCUT2D eigenvalue weighted by atomic mass is 9.93. The summed E-state index contributed by atoms with van der Waals surface area (Å²) in [5.41, 5.74) is 0.146. The van der Waals surface area contributed by atoms with Gasteiger partial charge in [-0.3, -0.25) is 9.89 Å². The van der Waals surface area contributed by atoms with Crippen LogP contribution in [0.3, 0.4) is 0 Å². The van der Waals surface area contributed by atoms with Crippen LogP contribution in [0.15, 0.2) is 29.5 Å². The minimum atomic E-state index is 0. The van der Waals surface area contributed by atoms with Gasteiger partial charge in [-0.15, -0.1) is 24.0 Å². The summed E-state index contributed by atoms with van der Waals surface area (Å²) in [4.78, 5) is 6.95. The maximum atomic E-state index is 4.34. The largest absolute Gasteiger partial charge is 0.355 e. The molecule has 0 aliphatic carbocycles. The molecule has 0 amide bonds. The van der Waals surface area contributed by atoms with Gasteiger partial charge in [-0.1, -0.05) is 6.92 Å². The highest BCUT2D eigenvalue weighted by molar-refractivity contribution is 14.0. The highest BCUT2D eigenvalue weighted by Gasteiger charge is 2.30. The minimum Gasteiger partial charge on any atom is -0.355 e. The van der Waals surface area contributed by atoms with Crippen LogP contribution >= 0.6 is 24.0 Å². The molecule has 24 heavy (non-hydrogen) atoms. The maximum Gasteiger partial charge on any atom is 0.191 e.